The molecule has 0 saturated carbocycles. The second-order valence-corrected chi connectivity index (χ2v) is 6.30. The Morgan fingerprint density at radius 2 is 1.73 bits per heavy atom. The van der Waals surface area contributed by atoms with Crippen molar-refractivity contribution in [3.05, 3.63) is 83.9 Å². The molecule has 0 saturated heterocycles. The second-order valence-electron chi connectivity index (χ2n) is 6.30. The predicted octanol–water partition coefficient (Wildman–Crippen LogP) is 5.34. The lowest BCUT2D eigenvalue weighted by atomic mass is 10.0. The molecule has 0 aromatic heterocycles. The van der Waals surface area contributed by atoms with Gasteiger partial charge >= 0.3 is 5.97 Å². The first-order valence-corrected chi connectivity index (χ1v) is 8.71. The number of carbonyl (C=O) groups is 1. The van der Waals surface area contributed by atoms with Crippen LogP contribution in [-0.2, 0) is 11.2 Å². The molecule has 0 spiro atoms. The average molecular weight is 346 g/mol. The van der Waals surface area contributed by atoms with Gasteiger partial charge in [0.1, 0.15) is 12.4 Å². The standard InChI is InChI=1S/C23H22O3/c1-17(20-10-9-19-4-2-3-5-21(19)16-20)14-15-26-22-11-6-18(7-12-22)8-13-23(24)25/h2-7,9-12,14,16H,8,13,15H2,1H3,(H,24,25). The van der Waals surface area contributed by atoms with Crippen LogP contribution in [-0.4, -0.2) is 17.7 Å². The molecule has 26 heavy (non-hydrogen) atoms. The molecule has 0 amide bonds. The summed E-state index contributed by atoms with van der Waals surface area (Å²) in [6.45, 7) is 2.58. The number of rotatable bonds is 7. The van der Waals surface area contributed by atoms with Crippen molar-refractivity contribution in [1.82, 2.24) is 0 Å². The molecular weight excluding hydrogens is 324 g/mol. The van der Waals surface area contributed by atoms with Gasteiger partial charge in [0.05, 0.1) is 0 Å². The van der Waals surface area contributed by atoms with Crippen molar-refractivity contribution in [2.24, 2.45) is 0 Å². The Kier molecular flexibility index (Phi) is 5.69. The van der Waals surface area contributed by atoms with Crippen LogP contribution in [0.25, 0.3) is 16.3 Å². The lowest BCUT2D eigenvalue weighted by Crippen LogP contribution is -1.98. The Morgan fingerprint density at radius 3 is 2.46 bits per heavy atom. The van der Waals surface area contributed by atoms with Gasteiger partial charge in [-0.2, -0.15) is 0 Å². The number of ether oxygens (including phenoxy) is 1. The van der Waals surface area contributed by atoms with Crippen LogP contribution in [0.4, 0.5) is 0 Å². The number of hydrogen-bond acceptors (Lipinski definition) is 2. The molecule has 3 aromatic rings. The second kappa shape index (κ2) is 8.34. The van der Waals surface area contributed by atoms with E-state index < -0.39 is 5.97 Å². The van der Waals surface area contributed by atoms with E-state index in [0.717, 1.165) is 11.3 Å². The number of carboxylic acids is 1. The summed E-state index contributed by atoms with van der Waals surface area (Å²) in [7, 11) is 0. The number of aliphatic carboxylic acids is 1. The largest absolute Gasteiger partial charge is 0.490 e. The summed E-state index contributed by atoms with van der Waals surface area (Å²) in [6, 6.07) is 22.4. The van der Waals surface area contributed by atoms with E-state index in [1.165, 1.54) is 21.9 Å². The molecule has 132 valence electrons. The fourth-order valence-electron chi connectivity index (χ4n) is 2.82. The maximum atomic E-state index is 10.6. The first kappa shape index (κ1) is 17.7. The SMILES string of the molecule is CC(=CCOc1ccc(CCC(=O)O)cc1)c1ccc2ccccc2c1. The zero-order valence-corrected chi connectivity index (χ0v) is 14.8. The molecule has 0 atom stereocenters. The minimum atomic E-state index is -0.778. The van der Waals surface area contributed by atoms with Gasteiger partial charge in [-0.3, -0.25) is 4.79 Å². The van der Waals surface area contributed by atoms with Crippen molar-refractivity contribution in [1.29, 1.82) is 0 Å². The van der Waals surface area contributed by atoms with E-state index in [9.17, 15) is 4.79 Å². The van der Waals surface area contributed by atoms with E-state index in [4.69, 9.17) is 9.84 Å². The molecule has 0 aliphatic heterocycles. The number of allylic oxidation sites excluding steroid dienone is 1. The topological polar surface area (TPSA) is 46.5 Å². The lowest BCUT2D eigenvalue weighted by Gasteiger charge is -2.07. The van der Waals surface area contributed by atoms with E-state index in [-0.39, 0.29) is 6.42 Å². The van der Waals surface area contributed by atoms with E-state index in [2.05, 4.69) is 43.3 Å². The first-order chi connectivity index (χ1) is 12.6. The number of benzene rings is 3. The fourth-order valence-corrected chi connectivity index (χ4v) is 2.82. The summed E-state index contributed by atoms with van der Waals surface area (Å²) in [5, 5.41) is 11.2. The fraction of sp³-hybridized carbons (Fsp3) is 0.174. The predicted molar refractivity (Wildman–Crippen MR) is 105 cm³/mol. The van der Waals surface area contributed by atoms with Crippen molar-refractivity contribution in [3.63, 3.8) is 0 Å². The minimum Gasteiger partial charge on any atom is -0.490 e. The molecular formula is C23H22O3. The molecule has 3 nitrogen and oxygen atoms in total. The summed E-state index contributed by atoms with van der Waals surface area (Å²) < 4.78 is 5.77. The number of hydrogen-bond donors (Lipinski definition) is 1. The molecule has 3 rings (SSSR count). The van der Waals surface area contributed by atoms with Gasteiger partial charge in [0, 0.05) is 6.42 Å². The van der Waals surface area contributed by atoms with E-state index >= 15 is 0 Å². The molecule has 0 bridgehead atoms. The monoisotopic (exact) mass is 346 g/mol. The number of carboxylic acid groups (broad SMARTS) is 1. The van der Waals surface area contributed by atoms with Crippen molar-refractivity contribution < 1.29 is 14.6 Å². The average Bonchev–Trinajstić information content (AvgIpc) is 2.67. The van der Waals surface area contributed by atoms with Crippen LogP contribution >= 0.6 is 0 Å². The summed E-state index contributed by atoms with van der Waals surface area (Å²) in [6.07, 6.45) is 2.76. The Labute approximate surface area is 153 Å². The van der Waals surface area contributed by atoms with Crippen LogP contribution in [0.3, 0.4) is 0 Å². The lowest BCUT2D eigenvalue weighted by molar-refractivity contribution is -0.136. The van der Waals surface area contributed by atoms with Gasteiger partial charge < -0.3 is 9.84 Å². The van der Waals surface area contributed by atoms with Gasteiger partial charge in [-0.05, 0) is 65.1 Å². The molecule has 1 N–H and O–H groups in total. The van der Waals surface area contributed by atoms with Crippen molar-refractivity contribution in [2.75, 3.05) is 6.61 Å². The third-order valence-corrected chi connectivity index (χ3v) is 4.40. The molecule has 0 aliphatic rings. The summed E-state index contributed by atoms with van der Waals surface area (Å²) >= 11 is 0. The van der Waals surface area contributed by atoms with Crippen LogP contribution < -0.4 is 4.74 Å². The van der Waals surface area contributed by atoms with Crippen molar-refractivity contribution in [3.8, 4) is 5.75 Å². The van der Waals surface area contributed by atoms with Crippen LogP contribution in [0.2, 0.25) is 0 Å². The highest BCUT2D eigenvalue weighted by Crippen LogP contribution is 2.21. The highest BCUT2D eigenvalue weighted by molar-refractivity contribution is 5.86. The van der Waals surface area contributed by atoms with Crippen LogP contribution in [0.1, 0.15) is 24.5 Å². The number of fused-ring (bicyclic) bond motifs is 1. The van der Waals surface area contributed by atoms with E-state index in [0.29, 0.717) is 13.0 Å². The van der Waals surface area contributed by atoms with Gasteiger partial charge in [0.25, 0.3) is 0 Å². The number of aryl methyl sites for hydroxylation is 1. The molecule has 0 aliphatic carbocycles. The van der Waals surface area contributed by atoms with Crippen LogP contribution in [0.15, 0.2) is 72.8 Å². The van der Waals surface area contributed by atoms with E-state index in [1.807, 2.05) is 36.4 Å². The third kappa shape index (κ3) is 4.73. The maximum absolute atomic E-state index is 10.6. The molecule has 3 heteroatoms. The zero-order chi connectivity index (χ0) is 18.4. The highest BCUT2D eigenvalue weighted by Gasteiger charge is 2.01. The quantitative estimate of drug-likeness (QED) is 0.628. The Balaban J connectivity index is 1.59. The van der Waals surface area contributed by atoms with Crippen molar-refractivity contribution in [2.45, 2.75) is 19.8 Å². The summed E-state index contributed by atoms with van der Waals surface area (Å²) in [4.78, 5) is 10.6. The van der Waals surface area contributed by atoms with Gasteiger partial charge in [-0.15, -0.1) is 0 Å². The smallest absolute Gasteiger partial charge is 0.303 e. The summed E-state index contributed by atoms with van der Waals surface area (Å²) in [5.41, 5.74) is 3.37. The molecule has 0 fully saturated rings. The molecule has 0 unspecified atom stereocenters. The maximum Gasteiger partial charge on any atom is 0.303 e. The normalized spacial score (nSPS) is 11.5. The Morgan fingerprint density at radius 1 is 1.00 bits per heavy atom. The minimum absolute atomic E-state index is 0.147. The summed E-state index contributed by atoms with van der Waals surface area (Å²) in [5.74, 6) is 0.00580. The molecule has 3 aromatic carbocycles. The van der Waals surface area contributed by atoms with Gasteiger partial charge in [-0.25, -0.2) is 0 Å². The Bertz CT molecular complexity index is 924. The van der Waals surface area contributed by atoms with Gasteiger partial charge in [0.15, 0.2) is 0 Å². The zero-order valence-electron chi connectivity index (χ0n) is 14.8. The molecule has 0 heterocycles. The molecule has 0 radical (unpaired) electrons. The van der Waals surface area contributed by atoms with Crippen LogP contribution in [0.5, 0.6) is 5.75 Å². The third-order valence-electron chi connectivity index (χ3n) is 4.40. The van der Waals surface area contributed by atoms with Crippen LogP contribution in [0, 0.1) is 0 Å². The van der Waals surface area contributed by atoms with E-state index in [1.54, 1.807) is 0 Å². The first-order valence-electron chi connectivity index (χ1n) is 8.71. The van der Waals surface area contributed by atoms with Gasteiger partial charge in [0.2, 0.25) is 0 Å². The highest BCUT2D eigenvalue weighted by atomic mass is 16.5. The Hall–Kier alpha value is -3.07. The van der Waals surface area contributed by atoms with Gasteiger partial charge in [-0.1, -0.05) is 48.5 Å². The van der Waals surface area contributed by atoms with Crippen molar-refractivity contribution >= 4 is 22.3 Å².